The number of methoxy groups -OCH3 is 1. The van der Waals surface area contributed by atoms with Crippen molar-refractivity contribution in [3.05, 3.63) is 48.0 Å². The van der Waals surface area contributed by atoms with Crippen LogP contribution in [-0.2, 0) is 6.42 Å². The predicted molar refractivity (Wildman–Crippen MR) is 117 cm³/mol. The summed E-state index contributed by atoms with van der Waals surface area (Å²) < 4.78 is 11.0. The molecule has 3 rings (SSSR count). The van der Waals surface area contributed by atoms with Crippen LogP contribution in [0.15, 0.2) is 42.5 Å². The van der Waals surface area contributed by atoms with Crippen molar-refractivity contribution in [3.63, 3.8) is 0 Å². The van der Waals surface area contributed by atoms with Crippen molar-refractivity contribution in [1.29, 1.82) is 5.26 Å². The molecule has 0 aliphatic carbocycles. The second kappa shape index (κ2) is 10.2. The molecule has 3 N–H and O–H groups in total. The zero-order valence-electron chi connectivity index (χ0n) is 17.2. The lowest BCUT2D eigenvalue weighted by Gasteiger charge is -2.09. The summed E-state index contributed by atoms with van der Waals surface area (Å²) in [6.45, 7) is 3.27. The van der Waals surface area contributed by atoms with E-state index in [1.165, 1.54) is 0 Å². The van der Waals surface area contributed by atoms with Crippen LogP contribution in [-0.4, -0.2) is 37.8 Å². The number of urea groups is 1. The summed E-state index contributed by atoms with van der Waals surface area (Å²) in [6.07, 6.45) is 1.12. The number of carbonyl (C=O) groups is 1. The third-order valence-electron chi connectivity index (χ3n) is 4.74. The maximum Gasteiger partial charge on any atom is 0.314 e. The Labute approximate surface area is 176 Å². The number of rotatable bonds is 9. The maximum atomic E-state index is 11.4. The Morgan fingerprint density at radius 3 is 2.60 bits per heavy atom. The van der Waals surface area contributed by atoms with Crippen LogP contribution in [0, 0.1) is 11.3 Å². The van der Waals surface area contributed by atoms with Crippen LogP contribution in [0.25, 0.3) is 22.2 Å². The Morgan fingerprint density at radius 2 is 1.90 bits per heavy atom. The number of hydrogen-bond acceptors (Lipinski definition) is 4. The van der Waals surface area contributed by atoms with Gasteiger partial charge in [-0.25, -0.2) is 4.79 Å². The van der Waals surface area contributed by atoms with E-state index in [9.17, 15) is 4.79 Å². The first-order chi connectivity index (χ1) is 14.7. The molecule has 156 valence electrons. The molecule has 0 saturated heterocycles. The third-order valence-corrected chi connectivity index (χ3v) is 4.74. The van der Waals surface area contributed by atoms with Gasteiger partial charge in [0.25, 0.3) is 0 Å². The van der Waals surface area contributed by atoms with Gasteiger partial charge in [-0.3, -0.25) is 0 Å². The number of amides is 2. The highest BCUT2D eigenvalue weighted by Crippen LogP contribution is 2.33. The van der Waals surface area contributed by atoms with Gasteiger partial charge in [0.05, 0.1) is 19.7 Å². The van der Waals surface area contributed by atoms with Crippen molar-refractivity contribution in [2.45, 2.75) is 19.8 Å². The summed E-state index contributed by atoms with van der Waals surface area (Å²) >= 11 is 0. The lowest BCUT2D eigenvalue weighted by atomic mass is 10.0. The molecule has 2 amide bonds. The first-order valence-electron chi connectivity index (χ1n) is 9.96. The van der Waals surface area contributed by atoms with Gasteiger partial charge in [-0.1, -0.05) is 0 Å². The van der Waals surface area contributed by atoms with Gasteiger partial charge in [0.15, 0.2) is 0 Å². The van der Waals surface area contributed by atoms with Gasteiger partial charge in [0.2, 0.25) is 0 Å². The molecule has 0 bridgehead atoms. The number of benzene rings is 2. The number of nitriles is 1. The zero-order valence-corrected chi connectivity index (χ0v) is 17.2. The van der Waals surface area contributed by atoms with Crippen LogP contribution < -0.4 is 20.1 Å². The van der Waals surface area contributed by atoms with Gasteiger partial charge in [0, 0.05) is 35.6 Å². The smallest absolute Gasteiger partial charge is 0.314 e. The normalized spacial score (nSPS) is 10.4. The molecule has 0 radical (unpaired) electrons. The molecule has 0 spiro atoms. The second-order valence-corrected chi connectivity index (χ2v) is 6.71. The molecular formula is C23H26N4O3. The number of hydrogen-bond donors (Lipinski definition) is 3. The minimum absolute atomic E-state index is 0.197. The molecule has 0 saturated carbocycles. The number of nitrogens with zero attached hydrogens (tertiary/aromatic N) is 1. The fourth-order valence-corrected chi connectivity index (χ4v) is 3.32. The minimum atomic E-state index is -0.197. The molecule has 1 heterocycles. The molecule has 30 heavy (non-hydrogen) atoms. The summed E-state index contributed by atoms with van der Waals surface area (Å²) in [5.74, 6) is 1.51. The minimum Gasteiger partial charge on any atom is -0.497 e. The second-order valence-electron chi connectivity index (χ2n) is 6.71. The number of nitrogens with one attached hydrogen (secondary N) is 3. The Kier molecular flexibility index (Phi) is 7.17. The van der Waals surface area contributed by atoms with Crippen molar-refractivity contribution in [2.75, 3.05) is 26.8 Å². The molecule has 1 aromatic heterocycles. The highest BCUT2D eigenvalue weighted by molar-refractivity contribution is 5.91. The van der Waals surface area contributed by atoms with E-state index in [1.807, 2.05) is 49.4 Å². The van der Waals surface area contributed by atoms with E-state index in [0.717, 1.165) is 39.2 Å². The van der Waals surface area contributed by atoms with E-state index in [4.69, 9.17) is 14.7 Å². The van der Waals surface area contributed by atoms with Crippen LogP contribution in [0.2, 0.25) is 0 Å². The molecule has 2 aromatic carbocycles. The van der Waals surface area contributed by atoms with E-state index >= 15 is 0 Å². The number of H-pyrrole nitrogens is 1. The molecule has 0 unspecified atom stereocenters. The maximum absolute atomic E-state index is 11.4. The number of aromatic amines is 1. The first-order valence-corrected chi connectivity index (χ1v) is 9.96. The average Bonchev–Trinajstić information content (AvgIpc) is 3.13. The largest absolute Gasteiger partial charge is 0.497 e. The van der Waals surface area contributed by atoms with Crippen LogP contribution in [0.4, 0.5) is 4.79 Å². The number of aryl methyl sites for hydroxylation is 1. The van der Waals surface area contributed by atoms with Gasteiger partial charge in [-0.15, -0.1) is 0 Å². The van der Waals surface area contributed by atoms with E-state index in [0.29, 0.717) is 32.5 Å². The summed E-state index contributed by atoms with van der Waals surface area (Å²) in [6, 6.07) is 15.8. The summed E-state index contributed by atoms with van der Waals surface area (Å²) in [5, 5.41) is 15.5. The van der Waals surface area contributed by atoms with E-state index < -0.39 is 0 Å². The molecule has 3 aromatic rings. The number of ether oxygens (including phenoxy) is 2. The van der Waals surface area contributed by atoms with Gasteiger partial charge in [0.1, 0.15) is 18.1 Å². The van der Waals surface area contributed by atoms with E-state index in [2.05, 4.69) is 21.7 Å². The third kappa shape index (κ3) is 5.03. The first kappa shape index (κ1) is 21.1. The molecule has 0 atom stereocenters. The fourth-order valence-electron chi connectivity index (χ4n) is 3.32. The summed E-state index contributed by atoms with van der Waals surface area (Å²) in [4.78, 5) is 14.8. The fraction of sp³-hybridized carbons (Fsp3) is 0.304. The molecule has 0 aliphatic heterocycles. The summed E-state index contributed by atoms with van der Waals surface area (Å²) in [5.41, 5.74) is 4.12. The van der Waals surface area contributed by atoms with E-state index in [-0.39, 0.29) is 6.03 Å². The van der Waals surface area contributed by atoms with Gasteiger partial charge >= 0.3 is 6.03 Å². The SMILES string of the molecule is CCNC(=O)NCCOc1ccc(-c2[nH]c3cc(OC)ccc3c2CCC#N)cc1. The molecular weight excluding hydrogens is 380 g/mol. The topological polar surface area (TPSA) is 99.2 Å². The monoisotopic (exact) mass is 406 g/mol. The predicted octanol–water partition coefficient (Wildman–Crippen LogP) is 4.00. The van der Waals surface area contributed by atoms with Gasteiger partial charge in [-0.05, 0) is 60.9 Å². The standard InChI is InChI=1S/C23H26N4O3/c1-3-25-23(28)26-13-14-30-17-8-6-16(7-9-17)22-20(5-4-12-24)19-11-10-18(29-2)15-21(19)27-22/h6-11,15,27H,3-5,13-14H2,1-2H3,(H2,25,26,28). The Hall–Kier alpha value is -3.66. The van der Waals surface area contributed by atoms with Crippen LogP contribution in [0.3, 0.4) is 0 Å². The molecule has 0 fully saturated rings. The Morgan fingerprint density at radius 1 is 1.13 bits per heavy atom. The highest BCUT2D eigenvalue weighted by atomic mass is 16.5. The Balaban J connectivity index is 1.75. The molecule has 7 heteroatoms. The van der Waals surface area contributed by atoms with Crippen molar-refractivity contribution >= 4 is 16.9 Å². The van der Waals surface area contributed by atoms with Crippen molar-refractivity contribution in [1.82, 2.24) is 15.6 Å². The summed E-state index contributed by atoms with van der Waals surface area (Å²) in [7, 11) is 1.64. The lowest BCUT2D eigenvalue weighted by molar-refractivity contribution is 0.237. The number of fused-ring (bicyclic) bond motifs is 1. The molecule has 0 aliphatic rings. The number of carbonyl (C=O) groups excluding carboxylic acids is 1. The van der Waals surface area contributed by atoms with Crippen molar-refractivity contribution in [3.8, 4) is 28.8 Å². The van der Waals surface area contributed by atoms with Crippen LogP contribution >= 0.6 is 0 Å². The van der Waals surface area contributed by atoms with Crippen molar-refractivity contribution < 1.29 is 14.3 Å². The molecule has 7 nitrogen and oxygen atoms in total. The van der Waals surface area contributed by atoms with Crippen LogP contribution in [0.5, 0.6) is 11.5 Å². The van der Waals surface area contributed by atoms with Crippen LogP contribution in [0.1, 0.15) is 18.9 Å². The van der Waals surface area contributed by atoms with Gasteiger partial charge in [-0.2, -0.15) is 5.26 Å². The zero-order chi connectivity index (χ0) is 21.3. The highest BCUT2D eigenvalue weighted by Gasteiger charge is 2.14. The number of aromatic nitrogens is 1. The van der Waals surface area contributed by atoms with Gasteiger partial charge < -0.3 is 25.1 Å². The van der Waals surface area contributed by atoms with E-state index in [1.54, 1.807) is 7.11 Å². The average molecular weight is 406 g/mol. The quantitative estimate of drug-likeness (QED) is 0.468. The lowest BCUT2D eigenvalue weighted by Crippen LogP contribution is -2.37. The Bertz CT molecular complexity index is 1040. The van der Waals surface area contributed by atoms with Crippen molar-refractivity contribution in [2.24, 2.45) is 0 Å².